The summed E-state index contributed by atoms with van der Waals surface area (Å²) in [6.45, 7) is 3.06. The molecule has 0 spiro atoms. The molecule has 0 aliphatic carbocycles. The second-order valence-corrected chi connectivity index (χ2v) is 4.57. The lowest BCUT2D eigenvalue weighted by molar-refractivity contribution is -0.139. The number of esters is 1. The number of aliphatic hydroxyl groups excluding tert-OH is 1. The number of rotatable bonds is 6. The number of hydrogen-bond acceptors (Lipinski definition) is 5. The summed E-state index contributed by atoms with van der Waals surface area (Å²) in [5.74, 6) is -1.52. The summed E-state index contributed by atoms with van der Waals surface area (Å²) in [4.78, 5) is 10.8. The summed E-state index contributed by atoms with van der Waals surface area (Å²) in [6.07, 6.45) is -0.785. The molecule has 0 saturated heterocycles. The van der Waals surface area contributed by atoms with Crippen molar-refractivity contribution in [3.8, 4) is 0 Å². The number of aliphatic hydroxyl groups is 1. The fourth-order valence-electron chi connectivity index (χ4n) is 0.656. The van der Waals surface area contributed by atoms with Crippen LogP contribution in [0.5, 0.6) is 0 Å². The van der Waals surface area contributed by atoms with Gasteiger partial charge in [-0.15, -0.1) is 0 Å². The molecule has 14 heavy (non-hydrogen) atoms. The van der Waals surface area contributed by atoms with Crippen LogP contribution in [0, 0.1) is 0 Å². The van der Waals surface area contributed by atoms with Gasteiger partial charge in [0.15, 0.2) is 5.75 Å². The number of carbonyl (C=O) groups excluding carboxylic acids is 1. The number of ether oxygens (including phenoxy) is 1. The monoisotopic (exact) mass is 225 g/mol. The van der Waals surface area contributed by atoms with Crippen LogP contribution in [-0.4, -0.2) is 44.5 Å². The van der Waals surface area contributed by atoms with E-state index in [4.69, 9.17) is 5.11 Å². The molecule has 0 aliphatic rings. The van der Waals surface area contributed by atoms with E-state index in [-0.39, 0.29) is 13.2 Å². The molecule has 0 unspecified atom stereocenters. The maximum Gasteiger partial charge on any atom is 0.322 e. The second kappa shape index (κ2) is 5.94. The van der Waals surface area contributed by atoms with Gasteiger partial charge in [-0.2, -0.15) is 0 Å². The lowest BCUT2D eigenvalue weighted by Gasteiger charge is -2.07. The van der Waals surface area contributed by atoms with Crippen LogP contribution in [0.15, 0.2) is 0 Å². The van der Waals surface area contributed by atoms with Crippen LogP contribution in [-0.2, 0) is 19.6 Å². The Bertz CT molecular complexity index is 272. The van der Waals surface area contributed by atoms with Crippen molar-refractivity contribution in [2.24, 2.45) is 0 Å². The van der Waals surface area contributed by atoms with E-state index in [9.17, 15) is 13.2 Å². The van der Waals surface area contributed by atoms with Gasteiger partial charge >= 0.3 is 5.97 Å². The predicted octanol–water partition coefficient (Wildman–Crippen LogP) is -1.15. The maximum absolute atomic E-state index is 11.1. The molecule has 0 aromatic rings. The zero-order valence-electron chi connectivity index (χ0n) is 8.19. The molecule has 1 atom stereocenters. The van der Waals surface area contributed by atoms with Crippen LogP contribution < -0.4 is 4.72 Å². The van der Waals surface area contributed by atoms with Gasteiger partial charge in [0.05, 0.1) is 12.7 Å². The van der Waals surface area contributed by atoms with Gasteiger partial charge in [-0.25, -0.2) is 13.1 Å². The topological polar surface area (TPSA) is 92.7 Å². The summed E-state index contributed by atoms with van der Waals surface area (Å²) in [5.41, 5.74) is 0. The zero-order chi connectivity index (χ0) is 11.2. The molecule has 0 heterocycles. The van der Waals surface area contributed by atoms with E-state index in [1.807, 2.05) is 0 Å². The molecule has 0 bridgehead atoms. The van der Waals surface area contributed by atoms with Crippen LogP contribution in [0.25, 0.3) is 0 Å². The van der Waals surface area contributed by atoms with E-state index in [2.05, 4.69) is 9.46 Å². The number of nitrogens with one attached hydrogen (secondary N) is 1. The Morgan fingerprint density at radius 1 is 1.57 bits per heavy atom. The minimum absolute atomic E-state index is 0.109. The molecule has 0 rings (SSSR count). The highest BCUT2D eigenvalue weighted by molar-refractivity contribution is 7.90. The zero-order valence-corrected chi connectivity index (χ0v) is 9.00. The van der Waals surface area contributed by atoms with Gasteiger partial charge < -0.3 is 9.84 Å². The Labute approximate surface area is 83.3 Å². The summed E-state index contributed by atoms with van der Waals surface area (Å²) >= 11 is 0. The molecule has 0 aromatic carbocycles. The van der Waals surface area contributed by atoms with Crippen LogP contribution in [0.3, 0.4) is 0 Å². The summed E-state index contributed by atoms with van der Waals surface area (Å²) in [6, 6.07) is 0. The van der Waals surface area contributed by atoms with Crippen molar-refractivity contribution in [1.29, 1.82) is 0 Å². The van der Waals surface area contributed by atoms with Crippen molar-refractivity contribution in [2.45, 2.75) is 20.0 Å². The minimum Gasteiger partial charge on any atom is -0.465 e. The molecule has 0 saturated carbocycles. The standard InChI is InChI=1S/C7H15NO5S/c1-3-13-7(10)5-14(11,12)8-4-6(2)9/h6,8-9H,3-5H2,1-2H3/t6-/m0/s1. The molecular formula is C7H15NO5S. The first-order chi connectivity index (χ1) is 6.37. The van der Waals surface area contributed by atoms with Crippen molar-refractivity contribution >= 4 is 16.0 Å². The molecule has 0 aliphatic heterocycles. The lowest BCUT2D eigenvalue weighted by atomic mass is 10.4. The average molecular weight is 225 g/mol. The van der Waals surface area contributed by atoms with Crippen molar-refractivity contribution in [3.63, 3.8) is 0 Å². The molecule has 0 fully saturated rings. The SMILES string of the molecule is CCOC(=O)CS(=O)(=O)NC[C@H](C)O. The first-order valence-corrected chi connectivity index (χ1v) is 5.83. The third-order valence-corrected chi connectivity index (χ3v) is 2.43. The van der Waals surface area contributed by atoms with Crippen molar-refractivity contribution in [2.75, 3.05) is 18.9 Å². The van der Waals surface area contributed by atoms with E-state index in [0.29, 0.717) is 0 Å². The Hall–Kier alpha value is -0.660. The summed E-state index contributed by atoms with van der Waals surface area (Å²) < 4.78 is 28.7. The molecule has 2 N–H and O–H groups in total. The van der Waals surface area contributed by atoms with Crippen molar-refractivity contribution in [3.05, 3.63) is 0 Å². The van der Waals surface area contributed by atoms with Crippen LogP contribution in [0.2, 0.25) is 0 Å². The quantitative estimate of drug-likeness (QED) is 0.557. The highest BCUT2D eigenvalue weighted by atomic mass is 32.2. The molecule has 0 amide bonds. The third kappa shape index (κ3) is 6.81. The minimum atomic E-state index is -3.68. The second-order valence-electron chi connectivity index (χ2n) is 2.76. The molecular weight excluding hydrogens is 210 g/mol. The fraction of sp³-hybridized carbons (Fsp3) is 0.857. The van der Waals surface area contributed by atoms with Gasteiger partial charge in [0.2, 0.25) is 10.0 Å². The van der Waals surface area contributed by atoms with Crippen molar-refractivity contribution < 1.29 is 23.1 Å². The van der Waals surface area contributed by atoms with Crippen LogP contribution in [0.1, 0.15) is 13.8 Å². The largest absolute Gasteiger partial charge is 0.465 e. The van der Waals surface area contributed by atoms with Crippen LogP contribution in [0.4, 0.5) is 0 Å². The Kier molecular flexibility index (Phi) is 5.66. The number of carbonyl (C=O) groups is 1. The molecule has 6 nitrogen and oxygen atoms in total. The Balaban J connectivity index is 4.01. The first kappa shape index (κ1) is 13.3. The van der Waals surface area contributed by atoms with Crippen LogP contribution >= 0.6 is 0 Å². The van der Waals surface area contributed by atoms with Gasteiger partial charge in [-0.05, 0) is 13.8 Å². The van der Waals surface area contributed by atoms with Gasteiger partial charge in [0, 0.05) is 6.54 Å². The highest BCUT2D eigenvalue weighted by Crippen LogP contribution is 1.89. The summed E-state index contributed by atoms with van der Waals surface area (Å²) in [7, 11) is -3.68. The average Bonchev–Trinajstić information content (AvgIpc) is 2.00. The maximum atomic E-state index is 11.1. The Morgan fingerprint density at radius 2 is 2.14 bits per heavy atom. The molecule has 0 radical (unpaired) electrons. The summed E-state index contributed by atoms with van der Waals surface area (Å²) in [5, 5.41) is 8.81. The smallest absolute Gasteiger partial charge is 0.322 e. The van der Waals surface area contributed by atoms with Gasteiger partial charge in [-0.3, -0.25) is 4.79 Å². The van der Waals surface area contributed by atoms with Crippen molar-refractivity contribution in [1.82, 2.24) is 4.72 Å². The number of hydrogen-bond donors (Lipinski definition) is 2. The number of sulfonamides is 1. The predicted molar refractivity (Wildman–Crippen MR) is 50.1 cm³/mol. The van der Waals surface area contributed by atoms with E-state index in [0.717, 1.165) is 0 Å². The van der Waals surface area contributed by atoms with E-state index < -0.39 is 27.8 Å². The van der Waals surface area contributed by atoms with E-state index in [1.54, 1.807) is 6.92 Å². The third-order valence-electron chi connectivity index (χ3n) is 1.21. The normalized spacial score (nSPS) is 13.6. The van der Waals surface area contributed by atoms with Gasteiger partial charge in [0.1, 0.15) is 0 Å². The molecule has 7 heteroatoms. The van der Waals surface area contributed by atoms with Gasteiger partial charge in [-0.1, -0.05) is 0 Å². The van der Waals surface area contributed by atoms with Gasteiger partial charge in [0.25, 0.3) is 0 Å². The Morgan fingerprint density at radius 3 is 2.57 bits per heavy atom. The van der Waals surface area contributed by atoms with E-state index in [1.165, 1.54) is 6.92 Å². The highest BCUT2D eigenvalue weighted by Gasteiger charge is 2.17. The molecule has 84 valence electrons. The molecule has 0 aromatic heterocycles. The van der Waals surface area contributed by atoms with E-state index >= 15 is 0 Å². The fourth-order valence-corrected chi connectivity index (χ4v) is 1.65. The lowest BCUT2D eigenvalue weighted by Crippen LogP contribution is -2.35. The first-order valence-electron chi connectivity index (χ1n) is 4.18.